The fourth-order valence-corrected chi connectivity index (χ4v) is 0.680. The second kappa shape index (κ2) is 5.54. The van der Waals surface area contributed by atoms with Crippen molar-refractivity contribution in [3.63, 3.8) is 0 Å². The van der Waals surface area contributed by atoms with Crippen LogP contribution in [0.4, 0.5) is 0 Å². The Morgan fingerprint density at radius 3 is 2.36 bits per heavy atom. The van der Waals surface area contributed by atoms with E-state index in [1.807, 2.05) is 32.1 Å². The van der Waals surface area contributed by atoms with E-state index in [-0.39, 0.29) is 0 Å². The Morgan fingerprint density at radius 2 is 2.00 bits per heavy atom. The van der Waals surface area contributed by atoms with Gasteiger partial charge < -0.3 is 5.32 Å². The van der Waals surface area contributed by atoms with Gasteiger partial charge in [-0.25, -0.2) is 0 Å². The van der Waals surface area contributed by atoms with E-state index in [2.05, 4.69) is 18.5 Å². The Morgan fingerprint density at radius 1 is 1.36 bits per heavy atom. The van der Waals surface area contributed by atoms with Crippen LogP contribution < -0.4 is 5.32 Å². The number of hydrogen-bond acceptors (Lipinski definition) is 1. The SMILES string of the molecule is C=CNC(/C=C\C)=C(\C)C=C. The molecule has 0 heterocycles. The predicted octanol–water partition coefficient (Wildman–Crippen LogP) is 2.76. The van der Waals surface area contributed by atoms with Gasteiger partial charge in [0.15, 0.2) is 0 Å². The molecule has 0 aromatic carbocycles. The molecule has 1 N–H and O–H groups in total. The smallest absolute Gasteiger partial charge is 0.0405 e. The van der Waals surface area contributed by atoms with Crippen LogP contribution in [-0.2, 0) is 0 Å². The molecule has 0 aromatic rings. The Balaban J connectivity index is 4.54. The second-order valence-electron chi connectivity index (χ2n) is 2.15. The lowest BCUT2D eigenvalue weighted by Crippen LogP contribution is -2.03. The summed E-state index contributed by atoms with van der Waals surface area (Å²) in [5.41, 5.74) is 2.15. The van der Waals surface area contributed by atoms with E-state index in [1.54, 1.807) is 6.20 Å². The van der Waals surface area contributed by atoms with E-state index >= 15 is 0 Å². The molecule has 1 heteroatoms. The van der Waals surface area contributed by atoms with E-state index in [0.29, 0.717) is 0 Å². The van der Waals surface area contributed by atoms with Crippen molar-refractivity contribution in [2.45, 2.75) is 13.8 Å². The fourth-order valence-electron chi connectivity index (χ4n) is 0.680. The number of hydrogen-bond donors (Lipinski definition) is 1. The molecular formula is C10H15N. The fraction of sp³-hybridized carbons (Fsp3) is 0.200. The van der Waals surface area contributed by atoms with Crippen LogP contribution in [0.2, 0.25) is 0 Å². The van der Waals surface area contributed by atoms with Gasteiger partial charge in [-0.3, -0.25) is 0 Å². The monoisotopic (exact) mass is 149 g/mol. The van der Waals surface area contributed by atoms with Crippen molar-refractivity contribution in [1.82, 2.24) is 5.32 Å². The largest absolute Gasteiger partial charge is 0.362 e. The second-order valence-corrected chi connectivity index (χ2v) is 2.15. The van der Waals surface area contributed by atoms with Gasteiger partial charge in [0.05, 0.1) is 0 Å². The van der Waals surface area contributed by atoms with E-state index in [4.69, 9.17) is 0 Å². The molecule has 0 rings (SSSR count). The molecule has 0 aliphatic rings. The van der Waals surface area contributed by atoms with Crippen LogP contribution in [-0.4, -0.2) is 0 Å². The van der Waals surface area contributed by atoms with Crippen LogP contribution in [0.15, 0.2) is 48.9 Å². The first-order valence-electron chi connectivity index (χ1n) is 3.59. The maximum Gasteiger partial charge on any atom is 0.0405 e. The molecule has 0 bridgehead atoms. The molecule has 0 saturated carbocycles. The van der Waals surface area contributed by atoms with Gasteiger partial charge in [-0.1, -0.05) is 25.3 Å². The minimum Gasteiger partial charge on any atom is -0.362 e. The summed E-state index contributed by atoms with van der Waals surface area (Å²) in [7, 11) is 0. The highest BCUT2D eigenvalue weighted by Gasteiger charge is 1.90. The Bertz CT molecular complexity index is 197. The van der Waals surface area contributed by atoms with Crippen molar-refractivity contribution in [1.29, 1.82) is 0 Å². The summed E-state index contributed by atoms with van der Waals surface area (Å²) in [6.45, 7) is 11.2. The van der Waals surface area contributed by atoms with Crippen LogP contribution in [0.5, 0.6) is 0 Å². The lowest BCUT2D eigenvalue weighted by atomic mass is 10.2. The summed E-state index contributed by atoms with van der Waals surface area (Å²) in [6, 6.07) is 0. The molecular weight excluding hydrogens is 134 g/mol. The summed E-state index contributed by atoms with van der Waals surface area (Å²) in [5, 5.41) is 3.02. The summed E-state index contributed by atoms with van der Waals surface area (Å²) in [4.78, 5) is 0. The average Bonchev–Trinajstić information content (AvgIpc) is 2.03. The first-order valence-corrected chi connectivity index (χ1v) is 3.59. The van der Waals surface area contributed by atoms with Crippen LogP contribution in [0.25, 0.3) is 0 Å². The number of allylic oxidation sites excluding steroid dienone is 4. The first kappa shape index (κ1) is 9.76. The van der Waals surface area contributed by atoms with Gasteiger partial charge in [0.25, 0.3) is 0 Å². The van der Waals surface area contributed by atoms with Gasteiger partial charge in [-0.15, -0.1) is 0 Å². The Hall–Kier alpha value is -1.24. The molecule has 0 fully saturated rings. The molecule has 1 nitrogen and oxygen atoms in total. The van der Waals surface area contributed by atoms with Crippen molar-refractivity contribution in [3.05, 3.63) is 48.9 Å². The minimum atomic E-state index is 1.04. The molecule has 0 aromatic heterocycles. The summed E-state index contributed by atoms with van der Waals surface area (Å²) in [6.07, 6.45) is 7.42. The zero-order valence-corrected chi connectivity index (χ0v) is 7.22. The molecule has 0 radical (unpaired) electrons. The molecule has 0 saturated heterocycles. The zero-order valence-electron chi connectivity index (χ0n) is 7.22. The van der Waals surface area contributed by atoms with Crippen molar-refractivity contribution in [2.24, 2.45) is 0 Å². The normalized spacial score (nSPS) is 12.5. The number of nitrogens with one attached hydrogen (secondary N) is 1. The Kier molecular flexibility index (Phi) is 4.91. The third-order valence-corrected chi connectivity index (χ3v) is 1.32. The minimum absolute atomic E-state index is 1.04. The van der Waals surface area contributed by atoms with Crippen molar-refractivity contribution < 1.29 is 0 Å². The zero-order chi connectivity index (χ0) is 8.69. The molecule has 0 amide bonds. The molecule has 60 valence electrons. The Labute approximate surface area is 68.8 Å². The van der Waals surface area contributed by atoms with Crippen LogP contribution in [0, 0.1) is 0 Å². The molecule has 0 spiro atoms. The summed E-state index contributed by atoms with van der Waals surface area (Å²) >= 11 is 0. The van der Waals surface area contributed by atoms with E-state index < -0.39 is 0 Å². The van der Waals surface area contributed by atoms with Gasteiger partial charge in [-0.05, 0) is 31.7 Å². The highest BCUT2D eigenvalue weighted by Crippen LogP contribution is 2.02. The van der Waals surface area contributed by atoms with Gasteiger partial charge in [-0.2, -0.15) is 0 Å². The number of rotatable bonds is 4. The van der Waals surface area contributed by atoms with Gasteiger partial charge in [0.2, 0.25) is 0 Å². The van der Waals surface area contributed by atoms with Crippen molar-refractivity contribution in [2.75, 3.05) is 0 Å². The van der Waals surface area contributed by atoms with Crippen LogP contribution in [0.3, 0.4) is 0 Å². The van der Waals surface area contributed by atoms with Crippen molar-refractivity contribution in [3.8, 4) is 0 Å². The average molecular weight is 149 g/mol. The van der Waals surface area contributed by atoms with Gasteiger partial charge in [0, 0.05) is 5.70 Å². The first-order chi connectivity index (χ1) is 5.26. The third kappa shape index (κ3) is 3.46. The van der Waals surface area contributed by atoms with E-state index in [1.165, 1.54) is 0 Å². The summed E-state index contributed by atoms with van der Waals surface area (Å²) < 4.78 is 0. The quantitative estimate of drug-likeness (QED) is 0.606. The molecule has 11 heavy (non-hydrogen) atoms. The molecule has 0 aliphatic carbocycles. The van der Waals surface area contributed by atoms with E-state index in [0.717, 1.165) is 11.3 Å². The lowest BCUT2D eigenvalue weighted by Gasteiger charge is -2.03. The third-order valence-electron chi connectivity index (χ3n) is 1.32. The molecule has 0 aliphatic heterocycles. The van der Waals surface area contributed by atoms with Gasteiger partial charge in [0.1, 0.15) is 0 Å². The standard InChI is InChI=1S/C10H15N/c1-5-8-10(11-7-3)9(4)6-2/h5-8,11H,2-3H2,1,4H3/b8-5-,10-9+. The molecule has 0 unspecified atom stereocenters. The molecule has 0 atom stereocenters. The maximum atomic E-state index is 3.68. The highest BCUT2D eigenvalue weighted by atomic mass is 14.8. The van der Waals surface area contributed by atoms with Crippen molar-refractivity contribution >= 4 is 0 Å². The lowest BCUT2D eigenvalue weighted by molar-refractivity contribution is 1.09. The highest BCUT2D eigenvalue weighted by molar-refractivity contribution is 5.29. The van der Waals surface area contributed by atoms with E-state index in [9.17, 15) is 0 Å². The topological polar surface area (TPSA) is 12.0 Å². The van der Waals surface area contributed by atoms with Gasteiger partial charge >= 0.3 is 0 Å². The van der Waals surface area contributed by atoms with Crippen LogP contribution in [0.1, 0.15) is 13.8 Å². The summed E-state index contributed by atoms with van der Waals surface area (Å²) in [5.74, 6) is 0. The maximum absolute atomic E-state index is 3.68. The predicted molar refractivity (Wildman–Crippen MR) is 51.0 cm³/mol. The van der Waals surface area contributed by atoms with Crippen LogP contribution >= 0.6 is 0 Å².